The molecule has 0 aromatic carbocycles. The quantitative estimate of drug-likeness (QED) is 0.801. The number of hydrogen-bond donors (Lipinski definition) is 2. The zero-order chi connectivity index (χ0) is 13.1. The van der Waals surface area contributed by atoms with Crippen molar-refractivity contribution in [3.63, 3.8) is 0 Å². The Labute approximate surface area is 106 Å². The van der Waals surface area contributed by atoms with Gasteiger partial charge in [0.05, 0.1) is 0 Å². The Bertz CT molecular complexity index is 311. The van der Waals surface area contributed by atoms with Crippen molar-refractivity contribution in [1.82, 2.24) is 10.2 Å². The summed E-state index contributed by atoms with van der Waals surface area (Å²) in [6, 6.07) is -0.218. The highest BCUT2D eigenvalue weighted by Crippen LogP contribution is 2.29. The van der Waals surface area contributed by atoms with Gasteiger partial charge in [0.2, 0.25) is 0 Å². The molecular weight excluding hydrogens is 240 g/mol. The summed E-state index contributed by atoms with van der Waals surface area (Å²) in [4.78, 5) is 24.7. The van der Waals surface area contributed by atoms with E-state index in [9.17, 15) is 14.7 Å². The normalized spacial score (nSPS) is 25.7. The monoisotopic (exact) mass is 260 g/mol. The molecule has 2 amide bonds. The highest BCUT2D eigenvalue weighted by Gasteiger charge is 2.46. The number of thioether (sulfide) groups is 1. The van der Waals surface area contributed by atoms with Crippen molar-refractivity contribution >= 4 is 23.8 Å². The maximum atomic E-state index is 12.0. The molecule has 17 heavy (non-hydrogen) atoms. The maximum absolute atomic E-state index is 12.0. The molecule has 1 rings (SSSR count). The second-order valence-electron chi connectivity index (χ2n) is 4.64. The maximum Gasteiger partial charge on any atom is 0.329 e. The number of carboxylic acids is 1. The number of likely N-dealkylation sites (tertiary alicyclic amines) is 1. The molecule has 1 aliphatic rings. The van der Waals surface area contributed by atoms with E-state index < -0.39 is 11.5 Å². The van der Waals surface area contributed by atoms with E-state index in [1.807, 2.05) is 13.2 Å². The van der Waals surface area contributed by atoms with Crippen molar-refractivity contribution in [2.75, 3.05) is 18.6 Å². The van der Waals surface area contributed by atoms with E-state index in [1.165, 1.54) is 4.90 Å². The lowest BCUT2D eigenvalue weighted by molar-refractivity contribution is -0.147. The second-order valence-corrected chi connectivity index (χ2v) is 5.55. The van der Waals surface area contributed by atoms with Gasteiger partial charge >= 0.3 is 12.0 Å². The third-order valence-corrected chi connectivity index (χ3v) is 3.97. The van der Waals surface area contributed by atoms with Gasteiger partial charge in [-0.25, -0.2) is 9.59 Å². The Kier molecular flexibility index (Phi) is 4.68. The molecule has 98 valence electrons. The number of nitrogens with zero attached hydrogens (tertiary/aromatic N) is 1. The smallest absolute Gasteiger partial charge is 0.329 e. The van der Waals surface area contributed by atoms with Crippen molar-refractivity contribution < 1.29 is 14.7 Å². The lowest BCUT2D eigenvalue weighted by atomic mass is 10.00. The molecule has 2 unspecified atom stereocenters. The molecule has 2 atom stereocenters. The zero-order valence-corrected chi connectivity index (χ0v) is 11.3. The molecule has 1 aliphatic heterocycles. The van der Waals surface area contributed by atoms with E-state index in [1.54, 1.807) is 18.7 Å². The van der Waals surface area contributed by atoms with Gasteiger partial charge in [-0.2, -0.15) is 11.8 Å². The number of carbonyl (C=O) groups excluding carboxylic acids is 1. The highest BCUT2D eigenvalue weighted by molar-refractivity contribution is 7.98. The Morgan fingerprint density at radius 1 is 1.59 bits per heavy atom. The topological polar surface area (TPSA) is 69.6 Å². The first kappa shape index (κ1) is 14.2. The molecule has 0 radical (unpaired) electrons. The molecule has 0 bridgehead atoms. The van der Waals surface area contributed by atoms with Gasteiger partial charge in [0, 0.05) is 18.3 Å². The zero-order valence-electron chi connectivity index (χ0n) is 10.5. The molecule has 0 saturated carbocycles. The van der Waals surface area contributed by atoms with Crippen LogP contribution in [0.5, 0.6) is 0 Å². The molecule has 0 aromatic heterocycles. The van der Waals surface area contributed by atoms with Crippen molar-refractivity contribution in [3.05, 3.63) is 0 Å². The molecule has 1 fully saturated rings. The Hall–Kier alpha value is -0.910. The summed E-state index contributed by atoms with van der Waals surface area (Å²) in [5, 5.41) is 12.0. The highest BCUT2D eigenvalue weighted by atomic mass is 32.2. The minimum absolute atomic E-state index is 0.0520. The number of aliphatic carboxylic acids is 1. The van der Waals surface area contributed by atoms with Crippen LogP contribution in [0.25, 0.3) is 0 Å². The Morgan fingerprint density at radius 2 is 2.24 bits per heavy atom. The van der Waals surface area contributed by atoms with Crippen LogP contribution in [0.3, 0.4) is 0 Å². The largest absolute Gasteiger partial charge is 0.480 e. The van der Waals surface area contributed by atoms with Crippen LogP contribution in [0.4, 0.5) is 4.79 Å². The van der Waals surface area contributed by atoms with Gasteiger partial charge in [0.15, 0.2) is 0 Å². The lowest BCUT2D eigenvalue weighted by Gasteiger charge is -2.32. The van der Waals surface area contributed by atoms with Crippen LogP contribution in [0.1, 0.15) is 26.7 Å². The van der Waals surface area contributed by atoms with E-state index >= 15 is 0 Å². The van der Waals surface area contributed by atoms with Crippen LogP contribution in [-0.2, 0) is 4.79 Å². The summed E-state index contributed by atoms with van der Waals surface area (Å²) in [6.07, 6.45) is 3.24. The van der Waals surface area contributed by atoms with Gasteiger partial charge in [0.1, 0.15) is 5.54 Å². The number of carbonyl (C=O) groups is 2. The molecule has 0 aliphatic carbocycles. The van der Waals surface area contributed by atoms with E-state index in [-0.39, 0.29) is 12.1 Å². The molecule has 2 N–H and O–H groups in total. The van der Waals surface area contributed by atoms with E-state index in [0.717, 1.165) is 12.2 Å². The summed E-state index contributed by atoms with van der Waals surface area (Å²) in [6.45, 7) is 4.05. The number of nitrogens with one attached hydrogen (secondary N) is 1. The number of urea groups is 1. The molecule has 0 aromatic rings. The van der Waals surface area contributed by atoms with Crippen LogP contribution in [0.15, 0.2) is 0 Å². The standard InChI is InChI=1S/C11H20N2O3S/c1-8(7-17-3)12-10(16)13-6-4-5-11(13,2)9(14)15/h8H,4-7H2,1-3H3,(H,12,16)(H,14,15). The first-order chi connectivity index (χ1) is 7.91. The van der Waals surface area contributed by atoms with Gasteiger partial charge in [-0.15, -0.1) is 0 Å². The van der Waals surface area contributed by atoms with Crippen LogP contribution in [0.2, 0.25) is 0 Å². The third-order valence-electron chi connectivity index (χ3n) is 3.13. The van der Waals surface area contributed by atoms with E-state index in [4.69, 9.17) is 0 Å². The second kappa shape index (κ2) is 5.62. The van der Waals surface area contributed by atoms with Crippen LogP contribution < -0.4 is 5.32 Å². The van der Waals surface area contributed by atoms with Crippen LogP contribution >= 0.6 is 11.8 Å². The van der Waals surface area contributed by atoms with Gasteiger partial charge in [0.25, 0.3) is 0 Å². The van der Waals surface area contributed by atoms with E-state index in [2.05, 4.69) is 5.32 Å². The summed E-state index contributed by atoms with van der Waals surface area (Å²) in [5.74, 6) is -0.105. The van der Waals surface area contributed by atoms with Crippen LogP contribution in [0, 0.1) is 0 Å². The first-order valence-corrected chi connectivity index (χ1v) is 7.11. The van der Waals surface area contributed by atoms with Crippen LogP contribution in [-0.4, -0.2) is 52.1 Å². The summed E-state index contributed by atoms with van der Waals surface area (Å²) in [5.41, 5.74) is -1.05. The summed E-state index contributed by atoms with van der Waals surface area (Å²) >= 11 is 1.65. The van der Waals surface area contributed by atoms with Crippen molar-refractivity contribution in [1.29, 1.82) is 0 Å². The van der Waals surface area contributed by atoms with Gasteiger partial charge < -0.3 is 15.3 Å². The number of rotatable bonds is 4. The average molecular weight is 260 g/mol. The number of hydrogen-bond acceptors (Lipinski definition) is 3. The summed E-state index contributed by atoms with van der Waals surface area (Å²) < 4.78 is 0. The van der Waals surface area contributed by atoms with Gasteiger partial charge in [-0.3, -0.25) is 0 Å². The van der Waals surface area contributed by atoms with Crippen molar-refractivity contribution in [3.8, 4) is 0 Å². The predicted molar refractivity (Wildman–Crippen MR) is 68.4 cm³/mol. The molecule has 6 heteroatoms. The fourth-order valence-electron chi connectivity index (χ4n) is 2.09. The lowest BCUT2D eigenvalue weighted by Crippen LogP contribution is -2.55. The number of carboxylic acid groups (broad SMARTS) is 1. The third kappa shape index (κ3) is 3.06. The fraction of sp³-hybridized carbons (Fsp3) is 0.818. The first-order valence-electron chi connectivity index (χ1n) is 5.72. The molecule has 5 nitrogen and oxygen atoms in total. The fourth-order valence-corrected chi connectivity index (χ4v) is 2.67. The van der Waals surface area contributed by atoms with E-state index in [0.29, 0.717) is 13.0 Å². The predicted octanol–water partition coefficient (Wildman–Crippen LogP) is 1.39. The van der Waals surface area contributed by atoms with Gasteiger partial charge in [-0.1, -0.05) is 0 Å². The van der Waals surface area contributed by atoms with Crippen molar-refractivity contribution in [2.24, 2.45) is 0 Å². The van der Waals surface area contributed by atoms with Crippen molar-refractivity contribution in [2.45, 2.75) is 38.3 Å². The summed E-state index contributed by atoms with van der Waals surface area (Å²) in [7, 11) is 0. The van der Waals surface area contributed by atoms with Gasteiger partial charge in [-0.05, 0) is 32.9 Å². The minimum Gasteiger partial charge on any atom is -0.480 e. The molecule has 1 saturated heterocycles. The molecule has 0 spiro atoms. The average Bonchev–Trinajstić information content (AvgIpc) is 2.62. The molecular formula is C11H20N2O3S. The Morgan fingerprint density at radius 3 is 2.76 bits per heavy atom. The molecule has 1 heterocycles. The SMILES string of the molecule is CSCC(C)NC(=O)N1CCCC1(C)C(=O)O. The Balaban J connectivity index is 2.65. The minimum atomic E-state index is -1.05. The number of amides is 2.